The van der Waals surface area contributed by atoms with Crippen LogP contribution in [0.4, 0.5) is 0 Å². The zero-order valence-electron chi connectivity index (χ0n) is 8.57. The minimum absolute atomic E-state index is 0.271. The number of hydrogen-bond acceptors (Lipinski definition) is 3. The number of aromatic nitrogens is 1. The summed E-state index contributed by atoms with van der Waals surface area (Å²) in [7, 11) is 0. The second kappa shape index (κ2) is 5.09. The van der Waals surface area contributed by atoms with Gasteiger partial charge in [0.1, 0.15) is 5.15 Å². The van der Waals surface area contributed by atoms with Crippen LogP contribution < -0.4 is 5.32 Å². The lowest BCUT2D eigenvalue weighted by Gasteiger charge is -2.16. The molecule has 0 aliphatic heterocycles. The van der Waals surface area contributed by atoms with Gasteiger partial charge in [-0.2, -0.15) is 0 Å². The minimum Gasteiger partial charge on any atom is -0.391 e. The predicted octanol–water partition coefficient (Wildman–Crippen LogP) is 1.23. The first-order valence-electron chi connectivity index (χ1n) is 4.61. The van der Waals surface area contributed by atoms with E-state index < -0.39 is 6.10 Å². The molecule has 0 aliphatic carbocycles. The first-order valence-corrected chi connectivity index (χ1v) is 4.99. The highest BCUT2D eigenvalue weighted by atomic mass is 35.5. The van der Waals surface area contributed by atoms with Crippen LogP contribution in [0, 0.1) is 0 Å². The Hall–Kier alpha value is -1.13. The Morgan fingerprint density at radius 1 is 1.53 bits per heavy atom. The van der Waals surface area contributed by atoms with Crippen molar-refractivity contribution in [2.24, 2.45) is 0 Å². The second-order valence-electron chi connectivity index (χ2n) is 3.37. The molecule has 0 saturated heterocycles. The van der Waals surface area contributed by atoms with Crippen LogP contribution in [0.15, 0.2) is 18.3 Å². The van der Waals surface area contributed by atoms with Crippen molar-refractivity contribution in [3.8, 4) is 0 Å². The number of rotatable bonds is 3. The molecular formula is C10H13ClN2O2. The smallest absolute Gasteiger partial charge is 0.253 e. The molecular weight excluding hydrogens is 216 g/mol. The quantitative estimate of drug-likeness (QED) is 0.765. The van der Waals surface area contributed by atoms with E-state index in [2.05, 4.69) is 10.3 Å². The number of nitrogens with zero attached hydrogens (tertiary/aromatic N) is 1. The molecule has 1 aromatic rings. The van der Waals surface area contributed by atoms with Crippen LogP contribution in [0.5, 0.6) is 0 Å². The maximum Gasteiger partial charge on any atom is 0.253 e. The standard InChI is InChI=1S/C10H13ClN2O2/c1-6(7(2)14)13-10(15)8-3-4-9(11)12-5-8/h3-7,14H,1-2H3,(H,13,15). The van der Waals surface area contributed by atoms with Crippen molar-refractivity contribution in [3.05, 3.63) is 29.0 Å². The summed E-state index contributed by atoms with van der Waals surface area (Å²) < 4.78 is 0. The fourth-order valence-electron chi connectivity index (χ4n) is 0.921. The molecule has 15 heavy (non-hydrogen) atoms. The highest BCUT2D eigenvalue weighted by Crippen LogP contribution is 2.05. The van der Waals surface area contributed by atoms with Crippen molar-refractivity contribution in [2.45, 2.75) is 26.0 Å². The Balaban J connectivity index is 2.65. The van der Waals surface area contributed by atoms with E-state index >= 15 is 0 Å². The fraction of sp³-hybridized carbons (Fsp3) is 0.400. The van der Waals surface area contributed by atoms with Crippen molar-refractivity contribution < 1.29 is 9.90 Å². The van der Waals surface area contributed by atoms with Crippen LogP contribution in [-0.4, -0.2) is 28.1 Å². The summed E-state index contributed by atoms with van der Waals surface area (Å²) >= 11 is 5.59. The average Bonchev–Trinajstić information content (AvgIpc) is 2.18. The van der Waals surface area contributed by atoms with Crippen LogP contribution in [0.25, 0.3) is 0 Å². The van der Waals surface area contributed by atoms with Crippen molar-refractivity contribution in [2.75, 3.05) is 0 Å². The number of pyridine rings is 1. The van der Waals surface area contributed by atoms with Crippen molar-refractivity contribution >= 4 is 17.5 Å². The van der Waals surface area contributed by atoms with Gasteiger partial charge < -0.3 is 10.4 Å². The van der Waals surface area contributed by atoms with Crippen LogP contribution in [0.1, 0.15) is 24.2 Å². The van der Waals surface area contributed by atoms with E-state index in [0.717, 1.165) is 0 Å². The lowest BCUT2D eigenvalue weighted by Crippen LogP contribution is -2.39. The van der Waals surface area contributed by atoms with Gasteiger partial charge in [0, 0.05) is 6.20 Å². The van der Waals surface area contributed by atoms with E-state index in [9.17, 15) is 9.90 Å². The summed E-state index contributed by atoms with van der Waals surface area (Å²) in [6, 6.07) is 2.83. The number of halogens is 1. The lowest BCUT2D eigenvalue weighted by atomic mass is 10.2. The molecule has 0 spiro atoms. The highest BCUT2D eigenvalue weighted by Gasteiger charge is 2.13. The highest BCUT2D eigenvalue weighted by molar-refractivity contribution is 6.29. The van der Waals surface area contributed by atoms with Crippen LogP contribution >= 0.6 is 11.6 Å². The molecule has 1 amide bonds. The predicted molar refractivity (Wildman–Crippen MR) is 57.9 cm³/mol. The summed E-state index contributed by atoms with van der Waals surface area (Å²) in [5.74, 6) is -0.271. The Morgan fingerprint density at radius 3 is 2.67 bits per heavy atom. The largest absolute Gasteiger partial charge is 0.391 e. The van der Waals surface area contributed by atoms with Gasteiger partial charge >= 0.3 is 0 Å². The number of carbonyl (C=O) groups is 1. The monoisotopic (exact) mass is 228 g/mol. The van der Waals surface area contributed by atoms with E-state index in [1.807, 2.05) is 0 Å². The maximum atomic E-state index is 11.6. The molecule has 82 valence electrons. The number of amides is 1. The van der Waals surface area contributed by atoms with E-state index in [4.69, 9.17) is 11.6 Å². The Kier molecular flexibility index (Phi) is 4.05. The van der Waals surface area contributed by atoms with E-state index in [1.165, 1.54) is 6.20 Å². The molecule has 0 bridgehead atoms. The van der Waals surface area contributed by atoms with Crippen LogP contribution in [0.2, 0.25) is 5.15 Å². The molecule has 0 saturated carbocycles. The number of aliphatic hydroxyl groups is 1. The van der Waals surface area contributed by atoms with Crippen LogP contribution in [0.3, 0.4) is 0 Å². The molecule has 0 aromatic carbocycles. The molecule has 2 unspecified atom stereocenters. The molecule has 5 heteroatoms. The van der Waals surface area contributed by atoms with Gasteiger partial charge in [-0.15, -0.1) is 0 Å². The average molecular weight is 229 g/mol. The molecule has 1 aromatic heterocycles. The summed E-state index contributed by atoms with van der Waals surface area (Å²) in [5.41, 5.74) is 0.423. The molecule has 2 N–H and O–H groups in total. The molecule has 0 aliphatic rings. The molecule has 1 rings (SSSR count). The summed E-state index contributed by atoms with van der Waals surface area (Å²) in [6.45, 7) is 3.34. The molecule has 4 nitrogen and oxygen atoms in total. The first-order chi connectivity index (χ1) is 7.00. The molecule has 2 atom stereocenters. The van der Waals surface area contributed by atoms with Gasteiger partial charge in [0.2, 0.25) is 0 Å². The summed E-state index contributed by atoms with van der Waals surface area (Å²) in [5, 5.41) is 12.2. The first kappa shape index (κ1) is 11.9. The second-order valence-corrected chi connectivity index (χ2v) is 3.76. The zero-order valence-corrected chi connectivity index (χ0v) is 9.32. The van der Waals surface area contributed by atoms with Gasteiger partial charge in [-0.25, -0.2) is 4.98 Å². The molecule has 0 fully saturated rings. The number of hydrogen-bond donors (Lipinski definition) is 2. The SMILES string of the molecule is CC(O)C(C)NC(=O)c1ccc(Cl)nc1. The molecule has 1 heterocycles. The maximum absolute atomic E-state index is 11.6. The van der Waals surface area contributed by atoms with Gasteiger partial charge in [-0.3, -0.25) is 4.79 Å². The third-order valence-corrected chi connectivity index (χ3v) is 2.30. The van der Waals surface area contributed by atoms with E-state index in [-0.39, 0.29) is 11.9 Å². The van der Waals surface area contributed by atoms with Gasteiger partial charge in [0.15, 0.2) is 0 Å². The Bertz CT molecular complexity index is 338. The Labute approximate surface area is 93.3 Å². The summed E-state index contributed by atoms with van der Waals surface area (Å²) in [4.78, 5) is 15.4. The summed E-state index contributed by atoms with van der Waals surface area (Å²) in [6.07, 6.45) is 0.807. The van der Waals surface area contributed by atoms with Gasteiger partial charge in [0.25, 0.3) is 5.91 Å². The third kappa shape index (κ3) is 3.49. The zero-order chi connectivity index (χ0) is 11.4. The number of nitrogens with one attached hydrogen (secondary N) is 1. The van der Waals surface area contributed by atoms with Crippen molar-refractivity contribution in [1.29, 1.82) is 0 Å². The fourth-order valence-corrected chi connectivity index (χ4v) is 1.03. The topological polar surface area (TPSA) is 62.2 Å². The van der Waals surface area contributed by atoms with Gasteiger partial charge in [0.05, 0.1) is 17.7 Å². The number of carbonyl (C=O) groups excluding carboxylic acids is 1. The molecule has 0 radical (unpaired) electrons. The third-order valence-electron chi connectivity index (χ3n) is 2.07. The number of aliphatic hydroxyl groups excluding tert-OH is 1. The normalized spacial score (nSPS) is 14.4. The Morgan fingerprint density at radius 2 is 2.20 bits per heavy atom. The van der Waals surface area contributed by atoms with Gasteiger partial charge in [-0.1, -0.05) is 11.6 Å². The van der Waals surface area contributed by atoms with Crippen molar-refractivity contribution in [3.63, 3.8) is 0 Å². The lowest BCUT2D eigenvalue weighted by molar-refractivity contribution is 0.0873. The van der Waals surface area contributed by atoms with E-state index in [1.54, 1.807) is 26.0 Å². The van der Waals surface area contributed by atoms with Gasteiger partial charge in [-0.05, 0) is 26.0 Å². The minimum atomic E-state index is -0.589. The van der Waals surface area contributed by atoms with E-state index in [0.29, 0.717) is 10.7 Å². The van der Waals surface area contributed by atoms with Crippen LogP contribution in [-0.2, 0) is 0 Å². The van der Waals surface area contributed by atoms with Crippen molar-refractivity contribution in [1.82, 2.24) is 10.3 Å².